The second-order valence-corrected chi connectivity index (χ2v) is 9.12. The van der Waals surface area contributed by atoms with E-state index < -0.39 is 66.1 Å². The molecule has 0 radical (unpaired) electrons. The van der Waals surface area contributed by atoms with Crippen LogP contribution in [0.5, 0.6) is 0 Å². The summed E-state index contributed by atoms with van der Waals surface area (Å²) in [6, 6.07) is 3.39. The maximum absolute atomic E-state index is 13.0. The van der Waals surface area contributed by atoms with E-state index in [1.165, 1.54) is 0 Å². The summed E-state index contributed by atoms with van der Waals surface area (Å²) in [7, 11) is 0. The molecule has 13 nitrogen and oxygen atoms in total. The normalized spacial score (nSPS) is 14.1. The van der Waals surface area contributed by atoms with Gasteiger partial charge in [-0.2, -0.15) is 0 Å². The third-order valence-corrected chi connectivity index (χ3v) is 5.31. The van der Waals surface area contributed by atoms with E-state index >= 15 is 0 Å². The molecule has 10 N–H and O–H groups in total. The SMILES string of the molecule is CC(C)CC(N)C(=O)NC(CCC(N)=O)C(=O)NC(CC(N)=O)C(=O)NC(Cc1ccccc1)C(=O)O. The average Bonchev–Trinajstić information content (AvgIpc) is 2.80. The van der Waals surface area contributed by atoms with Crippen LogP contribution in [0.4, 0.5) is 0 Å². The van der Waals surface area contributed by atoms with Crippen LogP contribution in [0.25, 0.3) is 0 Å². The fourth-order valence-electron chi connectivity index (χ4n) is 3.45. The smallest absolute Gasteiger partial charge is 0.326 e. The number of carbonyl (C=O) groups excluding carboxylic acids is 5. The second-order valence-electron chi connectivity index (χ2n) is 9.12. The third kappa shape index (κ3) is 12.0. The molecular weight excluding hydrogens is 484 g/mol. The van der Waals surface area contributed by atoms with Crippen LogP contribution >= 0.6 is 0 Å². The third-order valence-electron chi connectivity index (χ3n) is 5.31. The zero-order chi connectivity index (χ0) is 28.1. The maximum Gasteiger partial charge on any atom is 0.326 e. The summed E-state index contributed by atoms with van der Waals surface area (Å²) in [5.74, 6) is -5.41. The van der Waals surface area contributed by atoms with Crippen LogP contribution in [-0.4, -0.2) is 64.8 Å². The van der Waals surface area contributed by atoms with Crippen LogP contribution in [0.3, 0.4) is 0 Å². The van der Waals surface area contributed by atoms with Crippen molar-refractivity contribution in [2.24, 2.45) is 23.1 Å². The van der Waals surface area contributed by atoms with Crippen molar-refractivity contribution in [3.8, 4) is 0 Å². The fraction of sp³-hybridized carbons (Fsp3) is 0.500. The van der Waals surface area contributed by atoms with Gasteiger partial charge in [0.25, 0.3) is 0 Å². The van der Waals surface area contributed by atoms with Crippen molar-refractivity contribution in [3.63, 3.8) is 0 Å². The Balaban J connectivity index is 3.03. The molecule has 0 bridgehead atoms. The van der Waals surface area contributed by atoms with Crippen LogP contribution in [0.15, 0.2) is 30.3 Å². The van der Waals surface area contributed by atoms with Crippen molar-refractivity contribution in [3.05, 3.63) is 35.9 Å². The maximum atomic E-state index is 13.0. The van der Waals surface area contributed by atoms with Gasteiger partial charge in [0.1, 0.15) is 18.1 Å². The molecule has 0 aliphatic rings. The van der Waals surface area contributed by atoms with Crippen molar-refractivity contribution in [2.75, 3.05) is 0 Å². The number of amides is 5. The molecule has 5 amide bonds. The predicted octanol–water partition coefficient (Wildman–Crippen LogP) is -1.72. The first-order chi connectivity index (χ1) is 17.3. The van der Waals surface area contributed by atoms with E-state index in [1.54, 1.807) is 30.3 Å². The number of carboxylic acid groups (broad SMARTS) is 1. The molecule has 0 fully saturated rings. The average molecular weight is 521 g/mol. The van der Waals surface area contributed by atoms with Crippen LogP contribution in [0.2, 0.25) is 0 Å². The number of nitrogens with two attached hydrogens (primary N) is 3. The first kappa shape index (κ1) is 31.0. The van der Waals surface area contributed by atoms with Gasteiger partial charge in [-0.3, -0.25) is 24.0 Å². The molecule has 1 aromatic rings. The van der Waals surface area contributed by atoms with Crippen LogP contribution in [0.1, 0.15) is 45.1 Å². The molecule has 0 aliphatic heterocycles. The summed E-state index contributed by atoms with van der Waals surface area (Å²) in [6.07, 6.45) is -0.815. The minimum Gasteiger partial charge on any atom is -0.480 e. The van der Waals surface area contributed by atoms with Crippen molar-refractivity contribution in [1.29, 1.82) is 0 Å². The lowest BCUT2D eigenvalue weighted by Crippen LogP contribution is -2.58. The summed E-state index contributed by atoms with van der Waals surface area (Å²) < 4.78 is 0. The Kier molecular flexibility index (Phi) is 12.7. The van der Waals surface area contributed by atoms with Gasteiger partial charge >= 0.3 is 5.97 Å². The Morgan fingerprint density at radius 2 is 1.35 bits per heavy atom. The first-order valence-electron chi connectivity index (χ1n) is 11.8. The van der Waals surface area contributed by atoms with Gasteiger partial charge in [-0.15, -0.1) is 0 Å². The molecular formula is C24H36N6O7. The number of carbonyl (C=O) groups is 6. The summed E-state index contributed by atoms with van der Waals surface area (Å²) in [6.45, 7) is 3.72. The summed E-state index contributed by atoms with van der Waals surface area (Å²) in [5.41, 5.74) is 16.9. The molecule has 204 valence electrons. The first-order valence-corrected chi connectivity index (χ1v) is 11.8. The predicted molar refractivity (Wildman–Crippen MR) is 133 cm³/mol. The van der Waals surface area contributed by atoms with Crippen molar-refractivity contribution in [2.45, 2.75) is 70.1 Å². The summed E-state index contributed by atoms with van der Waals surface area (Å²) >= 11 is 0. The highest BCUT2D eigenvalue weighted by atomic mass is 16.4. The van der Waals surface area contributed by atoms with Gasteiger partial charge in [0.2, 0.25) is 29.5 Å². The van der Waals surface area contributed by atoms with Gasteiger partial charge in [-0.05, 0) is 24.3 Å². The largest absolute Gasteiger partial charge is 0.480 e. The van der Waals surface area contributed by atoms with Crippen molar-refractivity contribution < 1.29 is 33.9 Å². The van der Waals surface area contributed by atoms with Gasteiger partial charge in [-0.1, -0.05) is 44.2 Å². The monoisotopic (exact) mass is 520 g/mol. The number of carboxylic acids is 1. The van der Waals surface area contributed by atoms with E-state index in [-0.39, 0.29) is 25.2 Å². The minimum absolute atomic E-state index is 0.0514. The molecule has 13 heteroatoms. The zero-order valence-electron chi connectivity index (χ0n) is 20.9. The lowest BCUT2D eigenvalue weighted by molar-refractivity contribution is -0.142. The van der Waals surface area contributed by atoms with E-state index in [1.807, 2.05) is 13.8 Å². The Hall–Kier alpha value is -4.00. The van der Waals surface area contributed by atoms with E-state index in [0.717, 1.165) is 0 Å². The molecule has 0 saturated carbocycles. The molecule has 1 rings (SSSR count). The Bertz CT molecular complexity index is 970. The van der Waals surface area contributed by atoms with Gasteiger partial charge in [0, 0.05) is 12.8 Å². The quantitative estimate of drug-likeness (QED) is 0.132. The number of hydrogen-bond acceptors (Lipinski definition) is 7. The molecule has 4 unspecified atom stereocenters. The van der Waals surface area contributed by atoms with E-state index in [4.69, 9.17) is 17.2 Å². The molecule has 0 spiro atoms. The minimum atomic E-state index is -1.54. The zero-order valence-corrected chi connectivity index (χ0v) is 20.9. The Morgan fingerprint density at radius 1 is 0.811 bits per heavy atom. The van der Waals surface area contributed by atoms with E-state index in [0.29, 0.717) is 12.0 Å². The molecule has 0 saturated heterocycles. The standard InChI is InChI=1S/C24H36N6O7/c1-13(2)10-15(25)21(33)28-16(8-9-19(26)31)22(34)29-17(12-20(27)32)23(35)30-18(24(36)37)11-14-6-4-3-5-7-14/h3-7,13,15-18H,8-12,25H2,1-2H3,(H2,26,31)(H2,27,32)(H,28,33)(H,29,34)(H,30,35)(H,36,37). The van der Waals surface area contributed by atoms with Crippen LogP contribution < -0.4 is 33.2 Å². The molecule has 37 heavy (non-hydrogen) atoms. The lowest BCUT2D eigenvalue weighted by atomic mass is 10.0. The number of nitrogens with one attached hydrogen (secondary N) is 3. The van der Waals surface area contributed by atoms with Gasteiger partial charge in [0.15, 0.2) is 0 Å². The van der Waals surface area contributed by atoms with Crippen LogP contribution in [-0.2, 0) is 35.2 Å². The number of primary amides is 2. The van der Waals surface area contributed by atoms with Crippen molar-refractivity contribution in [1.82, 2.24) is 16.0 Å². The van der Waals surface area contributed by atoms with Gasteiger partial charge in [0.05, 0.1) is 12.5 Å². The topological polar surface area (TPSA) is 237 Å². The number of hydrogen-bond donors (Lipinski definition) is 7. The fourth-order valence-corrected chi connectivity index (χ4v) is 3.45. The molecule has 4 atom stereocenters. The summed E-state index contributed by atoms with van der Waals surface area (Å²) in [5, 5.41) is 16.6. The van der Waals surface area contributed by atoms with Crippen LogP contribution in [0, 0.1) is 5.92 Å². The van der Waals surface area contributed by atoms with Gasteiger partial charge < -0.3 is 38.3 Å². The number of aliphatic carboxylic acids is 1. The second kappa shape index (κ2) is 15.2. The molecule has 0 aliphatic carbocycles. The molecule has 0 aromatic heterocycles. The van der Waals surface area contributed by atoms with Crippen molar-refractivity contribution >= 4 is 35.5 Å². The molecule has 0 heterocycles. The van der Waals surface area contributed by atoms with E-state index in [2.05, 4.69) is 16.0 Å². The highest BCUT2D eigenvalue weighted by Crippen LogP contribution is 2.07. The molecule has 1 aromatic carbocycles. The Labute approximate surface area is 214 Å². The highest BCUT2D eigenvalue weighted by Gasteiger charge is 2.31. The van der Waals surface area contributed by atoms with Gasteiger partial charge in [-0.25, -0.2) is 4.79 Å². The summed E-state index contributed by atoms with van der Waals surface area (Å²) in [4.78, 5) is 72.9. The lowest BCUT2D eigenvalue weighted by Gasteiger charge is -2.25. The highest BCUT2D eigenvalue weighted by molar-refractivity contribution is 5.96. The number of benzene rings is 1. The van der Waals surface area contributed by atoms with E-state index in [9.17, 15) is 33.9 Å². The number of rotatable bonds is 16. The Morgan fingerprint density at radius 3 is 1.86 bits per heavy atom.